The molecule has 0 saturated heterocycles. The number of hydrogen-bond acceptors (Lipinski definition) is 4. The summed E-state index contributed by atoms with van der Waals surface area (Å²) in [5.41, 5.74) is 2.12. The number of sulfonamides is 1. The maximum absolute atomic E-state index is 13.6. The van der Waals surface area contributed by atoms with E-state index in [2.05, 4.69) is 5.32 Å². The summed E-state index contributed by atoms with van der Waals surface area (Å²) < 4.78 is 38.4. The topological polar surface area (TPSA) is 86.8 Å². The highest BCUT2D eigenvalue weighted by molar-refractivity contribution is 7.88. The average molecular weight is 546 g/mol. The van der Waals surface area contributed by atoms with E-state index in [1.54, 1.807) is 24.3 Å². The van der Waals surface area contributed by atoms with Crippen molar-refractivity contribution in [3.05, 3.63) is 106 Å². The second-order valence-electron chi connectivity index (χ2n) is 8.68. The van der Waals surface area contributed by atoms with Crippen LogP contribution in [0, 0.1) is 5.82 Å². The Balaban J connectivity index is 1.95. The van der Waals surface area contributed by atoms with Crippen LogP contribution in [0.25, 0.3) is 0 Å². The number of rotatable bonds is 11. The van der Waals surface area contributed by atoms with Crippen molar-refractivity contribution in [2.45, 2.75) is 25.6 Å². The Morgan fingerprint density at radius 3 is 2.19 bits per heavy atom. The Kier molecular flexibility index (Phi) is 9.79. The number of benzene rings is 3. The fraction of sp³-hybridized carbons (Fsp3) is 0.259. The van der Waals surface area contributed by atoms with Crippen LogP contribution in [0.15, 0.2) is 78.9 Å². The largest absolute Gasteiger partial charge is 0.350 e. The molecule has 0 unspecified atom stereocenters. The lowest BCUT2D eigenvalue weighted by molar-refractivity contribution is -0.141. The smallest absolute Gasteiger partial charge is 0.243 e. The van der Waals surface area contributed by atoms with Crippen LogP contribution in [0.4, 0.5) is 4.39 Å². The van der Waals surface area contributed by atoms with Gasteiger partial charge in [-0.25, -0.2) is 12.8 Å². The number of halogens is 2. The highest BCUT2D eigenvalue weighted by Crippen LogP contribution is 2.18. The second-order valence-corrected chi connectivity index (χ2v) is 11.2. The lowest BCUT2D eigenvalue weighted by atomic mass is 10.0. The number of amides is 2. The Labute approximate surface area is 221 Å². The first-order valence-electron chi connectivity index (χ1n) is 11.5. The third-order valence-electron chi connectivity index (χ3n) is 5.87. The van der Waals surface area contributed by atoms with Crippen molar-refractivity contribution in [3.63, 3.8) is 0 Å². The first-order valence-corrected chi connectivity index (χ1v) is 13.8. The van der Waals surface area contributed by atoms with Gasteiger partial charge in [0.15, 0.2) is 0 Å². The van der Waals surface area contributed by atoms with Crippen LogP contribution in [0.5, 0.6) is 0 Å². The van der Waals surface area contributed by atoms with E-state index in [9.17, 15) is 22.4 Å². The molecule has 0 radical (unpaired) electrons. The summed E-state index contributed by atoms with van der Waals surface area (Å²) in [5.74, 6) is -1.43. The van der Waals surface area contributed by atoms with E-state index < -0.39 is 40.2 Å². The van der Waals surface area contributed by atoms with Crippen molar-refractivity contribution in [3.8, 4) is 0 Å². The van der Waals surface area contributed by atoms with E-state index >= 15 is 0 Å². The Hall–Kier alpha value is -3.27. The van der Waals surface area contributed by atoms with E-state index in [0.29, 0.717) is 16.1 Å². The highest BCUT2D eigenvalue weighted by Gasteiger charge is 2.32. The minimum Gasteiger partial charge on any atom is -0.350 e. The van der Waals surface area contributed by atoms with Gasteiger partial charge >= 0.3 is 0 Å². The zero-order valence-corrected chi connectivity index (χ0v) is 22.2. The number of nitrogens with one attached hydrogen (secondary N) is 1. The van der Waals surface area contributed by atoms with Gasteiger partial charge in [-0.15, -0.1) is 0 Å². The molecule has 1 N–H and O–H groups in total. The van der Waals surface area contributed by atoms with Crippen molar-refractivity contribution < 1.29 is 22.4 Å². The molecule has 0 aliphatic carbocycles. The van der Waals surface area contributed by atoms with Crippen molar-refractivity contribution >= 4 is 33.4 Å². The van der Waals surface area contributed by atoms with Gasteiger partial charge in [-0.3, -0.25) is 9.59 Å². The molecule has 0 heterocycles. The maximum atomic E-state index is 13.6. The highest BCUT2D eigenvalue weighted by atomic mass is 35.5. The van der Waals surface area contributed by atoms with Gasteiger partial charge < -0.3 is 10.2 Å². The lowest BCUT2D eigenvalue weighted by Gasteiger charge is -2.32. The molecule has 3 aromatic rings. The standard InChI is InChI=1S/C27H29ClFN3O4S/c1-31(37(2,35)36)19-26(33)32(18-21-12-14-23(29)15-13-21)25(16-20-8-4-3-5-9-20)27(34)30-17-22-10-6-7-11-24(22)28/h3-15,25H,16-19H2,1-2H3,(H,30,34)/t25-/m1/s1. The number of carbonyl (C=O) groups excluding carboxylic acids is 2. The summed E-state index contributed by atoms with van der Waals surface area (Å²) in [7, 11) is -2.35. The molecular formula is C27H29ClFN3O4S. The maximum Gasteiger partial charge on any atom is 0.243 e. The molecule has 7 nitrogen and oxygen atoms in total. The van der Waals surface area contributed by atoms with Gasteiger partial charge in [-0.1, -0.05) is 72.3 Å². The predicted octanol–water partition coefficient (Wildman–Crippen LogP) is 3.63. The molecule has 3 aromatic carbocycles. The van der Waals surface area contributed by atoms with Gasteiger partial charge in [0.2, 0.25) is 21.8 Å². The van der Waals surface area contributed by atoms with Crippen molar-refractivity contribution in [2.24, 2.45) is 0 Å². The molecule has 0 saturated carbocycles. The van der Waals surface area contributed by atoms with E-state index in [0.717, 1.165) is 16.1 Å². The monoisotopic (exact) mass is 545 g/mol. The number of hydrogen-bond donors (Lipinski definition) is 1. The Morgan fingerprint density at radius 2 is 1.57 bits per heavy atom. The summed E-state index contributed by atoms with van der Waals surface area (Å²) in [6.45, 7) is -0.331. The van der Waals surface area contributed by atoms with Gasteiger partial charge in [0.1, 0.15) is 11.9 Å². The summed E-state index contributed by atoms with van der Waals surface area (Å²) in [6.07, 6.45) is 1.19. The average Bonchev–Trinajstić information content (AvgIpc) is 2.86. The van der Waals surface area contributed by atoms with Crippen molar-refractivity contribution in [1.82, 2.24) is 14.5 Å². The van der Waals surface area contributed by atoms with Crippen LogP contribution in [-0.4, -0.2) is 55.3 Å². The summed E-state index contributed by atoms with van der Waals surface area (Å²) in [6, 6.07) is 20.9. The van der Waals surface area contributed by atoms with E-state index in [1.165, 1.54) is 36.2 Å². The quantitative estimate of drug-likeness (QED) is 0.399. The van der Waals surface area contributed by atoms with Crippen LogP contribution < -0.4 is 5.32 Å². The molecule has 1 atom stereocenters. The zero-order valence-electron chi connectivity index (χ0n) is 20.6. The number of nitrogens with zero attached hydrogens (tertiary/aromatic N) is 2. The fourth-order valence-corrected chi connectivity index (χ4v) is 4.23. The summed E-state index contributed by atoms with van der Waals surface area (Å²) in [4.78, 5) is 28.4. The first kappa shape index (κ1) is 28.3. The minimum absolute atomic E-state index is 0.0201. The van der Waals surface area contributed by atoms with Gasteiger partial charge in [-0.2, -0.15) is 4.31 Å². The van der Waals surface area contributed by atoms with E-state index in [4.69, 9.17) is 11.6 Å². The second kappa shape index (κ2) is 12.8. The van der Waals surface area contributed by atoms with Crippen LogP contribution in [0.1, 0.15) is 16.7 Å². The SMILES string of the molecule is CN(CC(=O)N(Cc1ccc(F)cc1)[C@H](Cc1ccccc1)C(=O)NCc1ccccc1Cl)S(C)(=O)=O. The zero-order chi connectivity index (χ0) is 27.0. The molecule has 0 fully saturated rings. The van der Waals surface area contributed by atoms with Crippen molar-refractivity contribution in [2.75, 3.05) is 19.8 Å². The predicted molar refractivity (Wildman–Crippen MR) is 142 cm³/mol. The third kappa shape index (κ3) is 8.38. The first-order chi connectivity index (χ1) is 17.5. The van der Waals surface area contributed by atoms with Gasteiger partial charge in [0.25, 0.3) is 0 Å². The molecule has 3 rings (SSSR count). The van der Waals surface area contributed by atoms with Gasteiger partial charge in [0, 0.05) is 31.6 Å². The van der Waals surface area contributed by atoms with Crippen molar-refractivity contribution in [1.29, 1.82) is 0 Å². The normalized spacial score (nSPS) is 12.2. The molecule has 196 valence electrons. The van der Waals surface area contributed by atoms with Crippen LogP contribution >= 0.6 is 11.6 Å². The molecule has 0 aliphatic heterocycles. The molecule has 2 amide bonds. The van der Waals surface area contributed by atoms with Gasteiger partial charge in [0.05, 0.1) is 12.8 Å². The summed E-state index contributed by atoms with van der Waals surface area (Å²) >= 11 is 6.24. The summed E-state index contributed by atoms with van der Waals surface area (Å²) in [5, 5.41) is 3.36. The Morgan fingerprint density at radius 1 is 0.946 bits per heavy atom. The molecule has 0 bridgehead atoms. The molecule has 37 heavy (non-hydrogen) atoms. The lowest BCUT2D eigenvalue weighted by Crippen LogP contribution is -2.52. The number of likely N-dealkylation sites (N-methyl/N-ethyl adjacent to an activating group) is 1. The van der Waals surface area contributed by atoms with Crippen LogP contribution in [0.2, 0.25) is 5.02 Å². The van der Waals surface area contributed by atoms with Crippen LogP contribution in [-0.2, 0) is 39.1 Å². The molecular weight excluding hydrogens is 517 g/mol. The minimum atomic E-state index is -3.64. The van der Waals surface area contributed by atoms with Crippen LogP contribution in [0.3, 0.4) is 0 Å². The molecule has 10 heteroatoms. The molecule has 0 aliphatic rings. The number of carbonyl (C=O) groups is 2. The van der Waals surface area contributed by atoms with Gasteiger partial charge in [-0.05, 0) is 34.9 Å². The van der Waals surface area contributed by atoms with E-state index in [1.807, 2.05) is 30.3 Å². The fourth-order valence-electron chi connectivity index (χ4n) is 3.68. The third-order valence-corrected chi connectivity index (χ3v) is 7.50. The Bertz CT molecular complexity index is 1320. The van der Waals surface area contributed by atoms with E-state index in [-0.39, 0.29) is 19.5 Å². The molecule has 0 spiro atoms. The molecule has 0 aromatic heterocycles.